The molecule has 1 atom stereocenters. The molecule has 1 aromatic carbocycles. The highest BCUT2D eigenvalue weighted by atomic mass is 35.5. The van der Waals surface area contributed by atoms with E-state index in [0.717, 1.165) is 24.9 Å². The number of rotatable bonds is 2. The lowest BCUT2D eigenvalue weighted by atomic mass is 10.1. The van der Waals surface area contributed by atoms with Gasteiger partial charge < -0.3 is 10.1 Å². The first-order valence-corrected chi connectivity index (χ1v) is 5.81. The maximum Gasteiger partial charge on any atom is 0.253 e. The molecular weight excluding hydrogens is 226 g/mol. The Bertz CT molecular complexity index is 358. The molecule has 1 aliphatic heterocycles. The van der Waals surface area contributed by atoms with Crippen LogP contribution in [-0.4, -0.2) is 18.6 Å². The van der Waals surface area contributed by atoms with Gasteiger partial charge in [-0.2, -0.15) is 0 Å². The summed E-state index contributed by atoms with van der Waals surface area (Å²) in [6.45, 7) is 0.679. The third-order valence-corrected chi connectivity index (χ3v) is 2.84. The van der Waals surface area contributed by atoms with Crippen molar-refractivity contribution in [2.24, 2.45) is 0 Å². The van der Waals surface area contributed by atoms with Gasteiger partial charge in [0.25, 0.3) is 5.91 Å². The Morgan fingerprint density at radius 2 is 2.06 bits per heavy atom. The van der Waals surface area contributed by atoms with E-state index in [1.54, 1.807) is 24.3 Å². The van der Waals surface area contributed by atoms with Crippen LogP contribution >= 0.6 is 11.6 Å². The van der Waals surface area contributed by atoms with Crippen molar-refractivity contribution in [3.63, 3.8) is 0 Å². The fourth-order valence-electron chi connectivity index (χ4n) is 1.70. The van der Waals surface area contributed by atoms with Gasteiger partial charge in [0.2, 0.25) is 0 Å². The van der Waals surface area contributed by atoms with Gasteiger partial charge in [0.1, 0.15) is 6.10 Å². The van der Waals surface area contributed by atoms with Crippen LogP contribution in [0.3, 0.4) is 0 Å². The summed E-state index contributed by atoms with van der Waals surface area (Å²) in [7, 11) is 0. The van der Waals surface area contributed by atoms with Crippen LogP contribution in [0.2, 0.25) is 5.02 Å². The summed E-state index contributed by atoms with van der Waals surface area (Å²) in [6.07, 6.45) is 2.60. The Hall–Kier alpha value is -1.06. The Morgan fingerprint density at radius 1 is 1.31 bits per heavy atom. The number of halogens is 1. The molecule has 1 amide bonds. The van der Waals surface area contributed by atoms with Crippen molar-refractivity contribution in [3.8, 4) is 0 Å². The van der Waals surface area contributed by atoms with Crippen LogP contribution in [0.5, 0.6) is 0 Å². The predicted octanol–water partition coefficient (Wildman–Crippen LogP) is 2.85. The molecule has 0 aliphatic carbocycles. The summed E-state index contributed by atoms with van der Waals surface area (Å²) in [4.78, 5) is 11.8. The number of nitrogens with one attached hydrogen (secondary N) is 1. The highest BCUT2D eigenvalue weighted by Gasteiger charge is 2.21. The average molecular weight is 240 g/mol. The summed E-state index contributed by atoms with van der Waals surface area (Å²) < 4.78 is 5.40. The highest BCUT2D eigenvalue weighted by molar-refractivity contribution is 6.30. The number of amides is 1. The average Bonchev–Trinajstić information content (AvgIpc) is 2.33. The number of carbonyl (C=O) groups excluding carboxylic acids is 1. The van der Waals surface area contributed by atoms with Crippen LogP contribution in [0.1, 0.15) is 19.3 Å². The lowest BCUT2D eigenvalue weighted by Crippen LogP contribution is -2.33. The van der Waals surface area contributed by atoms with E-state index < -0.39 is 0 Å². The van der Waals surface area contributed by atoms with Gasteiger partial charge in [0.05, 0.1) is 0 Å². The van der Waals surface area contributed by atoms with Crippen LogP contribution in [0, 0.1) is 0 Å². The third-order valence-electron chi connectivity index (χ3n) is 2.58. The zero-order chi connectivity index (χ0) is 11.4. The van der Waals surface area contributed by atoms with Crippen LogP contribution in [0.15, 0.2) is 24.3 Å². The molecule has 1 heterocycles. The summed E-state index contributed by atoms with van der Waals surface area (Å²) in [5.74, 6) is -0.0676. The van der Waals surface area contributed by atoms with Crippen molar-refractivity contribution in [2.75, 3.05) is 11.9 Å². The number of anilines is 1. The van der Waals surface area contributed by atoms with Gasteiger partial charge >= 0.3 is 0 Å². The molecular formula is C12H14ClNO2. The quantitative estimate of drug-likeness (QED) is 0.862. The van der Waals surface area contributed by atoms with E-state index in [0.29, 0.717) is 11.6 Å². The van der Waals surface area contributed by atoms with E-state index in [1.165, 1.54) is 0 Å². The highest BCUT2D eigenvalue weighted by Crippen LogP contribution is 2.17. The first-order valence-electron chi connectivity index (χ1n) is 5.44. The SMILES string of the molecule is O=C(Nc1ccc(Cl)cc1)C1CCCCO1. The molecule has 1 saturated heterocycles. The van der Waals surface area contributed by atoms with E-state index in [9.17, 15) is 4.79 Å². The molecule has 4 heteroatoms. The van der Waals surface area contributed by atoms with Gasteiger partial charge in [-0.1, -0.05) is 11.6 Å². The van der Waals surface area contributed by atoms with E-state index in [-0.39, 0.29) is 12.0 Å². The molecule has 1 fully saturated rings. The van der Waals surface area contributed by atoms with E-state index >= 15 is 0 Å². The second kappa shape index (κ2) is 5.32. The molecule has 0 spiro atoms. The minimum atomic E-state index is -0.301. The Balaban J connectivity index is 1.93. The molecule has 1 aromatic rings. The maximum atomic E-state index is 11.8. The molecule has 86 valence electrons. The first kappa shape index (κ1) is 11.4. The lowest BCUT2D eigenvalue weighted by Gasteiger charge is -2.21. The topological polar surface area (TPSA) is 38.3 Å². The fourth-order valence-corrected chi connectivity index (χ4v) is 1.83. The zero-order valence-corrected chi connectivity index (χ0v) is 9.67. The van der Waals surface area contributed by atoms with E-state index in [4.69, 9.17) is 16.3 Å². The molecule has 3 nitrogen and oxygen atoms in total. The molecule has 16 heavy (non-hydrogen) atoms. The number of hydrogen-bond acceptors (Lipinski definition) is 2. The summed E-state index contributed by atoms with van der Waals surface area (Å²) in [5.41, 5.74) is 0.753. The third kappa shape index (κ3) is 2.97. The van der Waals surface area contributed by atoms with Crippen molar-refractivity contribution in [1.82, 2.24) is 0 Å². The van der Waals surface area contributed by atoms with Gasteiger partial charge in [-0.15, -0.1) is 0 Å². The Morgan fingerprint density at radius 3 is 2.69 bits per heavy atom. The van der Waals surface area contributed by atoms with Crippen molar-refractivity contribution in [3.05, 3.63) is 29.3 Å². The molecule has 1 unspecified atom stereocenters. The smallest absolute Gasteiger partial charge is 0.253 e. The second-order valence-corrected chi connectivity index (χ2v) is 4.29. The maximum absolute atomic E-state index is 11.8. The summed E-state index contributed by atoms with van der Waals surface area (Å²) >= 11 is 5.76. The molecule has 0 bridgehead atoms. The Labute approximate surface area is 99.7 Å². The second-order valence-electron chi connectivity index (χ2n) is 3.85. The van der Waals surface area contributed by atoms with Crippen molar-refractivity contribution < 1.29 is 9.53 Å². The number of hydrogen-bond donors (Lipinski definition) is 1. The minimum Gasteiger partial charge on any atom is -0.368 e. The van der Waals surface area contributed by atoms with Gasteiger partial charge in [-0.05, 0) is 43.5 Å². The largest absolute Gasteiger partial charge is 0.368 e. The molecule has 2 rings (SSSR count). The summed E-state index contributed by atoms with van der Waals surface area (Å²) in [5, 5.41) is 3.48. The van der Waals surface area contributed by atoms with Crippen LogP contribution < -0.4 is 5.32 Å². The normalized spacial score (nSPS) is 20.4. The van der Waals surface area contributed by atoms with Gasteiger partial charge in [-0.3, -0.25) is 4.79 Å². The first-order chi connectivity index (χ1) is 7.75. The fraction of sp³-hybridized carbons (Fsp3) is 0.417. The van der Waals surface area contributed by atoms with Crippen molar-refractivity contribution >= 4 is 23.2 Å². The molecule has 0 radical (unpaired) electrons. The predicted molar refractivity (Wildman–Crippen MR) is 63.7 cm³/mol. The molecule has 0 saturated carbocycles. The van der Waals surface area contributed by atoms with Crippen molar-refractivity contribution in [1.29, 1.82) is 0 Å². The number of benzene rings is 1. The minimum absolute atomic E-state index is 0.0676. The van der Waals surface area contributed by atoms with E-state index in [2.05, 4.69) is 5.32 Å². The monoisotopic (exact) mass is 239 g/mol. The van der Waals surface area contributed by atoms with Crippen LogP contribution in [-0.2, 0) is 9.53 Å². The summed E-state index contributed by atoms with van der Waals surface area (Å²) in [6, 6.07) is 7.06. The molecule has 0 aromatic heterocycles. The molecule has 1 aliphatic rings. The van der Waals surface area contributed by atoms with Crippen molar-refractivity contribution in [2.45, 2.75) is 25.4 Å². The molecule has 1 N–H and O–H groups in total. The van der Waals surface area contributed by atoms with Gasteiger partial charge in [0.15, 0.2) is 0 Å². The zero-order valence-electron chi connectivity index (χ0n) is 8.91. The lowest BCUT2D eigenvalue weighted by molar-refractivity contribution is -0.129. The van der Waals surface area contributed by atoms with Gasteiger partial charge in [0, 0.05) is 17.3 Å². The Kier molecular flexibility index (Phi) is 3.80. The van der Waals surface area contributed by atoms with Crippen LogP contribution in [0.25, 0.3) is 0 Å². The van der Waals surface area contributed by atoms with Crippen LogP contribution in [0.4, 0.5) is 5.69 Å². The van der Waals surface area contributed by atoms with Gasteiger partial charge in [-0.25, -0.2) is 0 Å². The van der Waals surface area contributed by atoms with E-state index in [1.807, 2.05) is 0 Å². The number of ether oxygens (including phenoxy) is 1. The standard InChI is InChI=1S/C12H14ClNO2/c13-9-4-6-10(7-5-9)14-12(15)11-3-1-2-8-16-11/h4-7,11H,1-3,8H2,(H,14,15). The number of carbonyl (C=O) groups is 1.